The fraction of sp³-hybridized carbons (Fsp3) is 0.944. The van der Waals surface area contributed by atoms with Crippen molar-refractivity contribution in [3.8, 4) is 0 Å². The van der Waals surface area contributed by atoms with Gasteiger partial charge in [-0.1, -0.05) is 289 Å². The molecule has 0 aromatic heterocycles. The van der Waals surface area contributed by atoms with E-state index in [0.717, 1.165) is 25.7 Å². The number of hydrogen-bond donors (Lipinski definition) is 4. The fourth-order valence-corrected chi connectivity index (χ4v) is 8.70. The fourth-order valence-electron chi connectivity index (χ4n) is 8.70. The Morgan fingerprint density at radius 3 is 0.983 bits per heavy atom. The van der Waals surface area contributed by atoms with Gasteiger partial charge in [0.2, 0.25) is 5.91 Å². The van der Waals surface area contributed by atoms with Gasteiger partial charge < -0.3 is 20.6 Å². The van der Waals surface area contributed by atoms with Crippen molar-refractivity contribution in [1.82, 2.24) is 5.32 Å². The maximum absolute atomic E-state index is 12.5. The second-order valence-corrected chi connectivity index (χ2v) is 18.9. The molecule has 4 N–H and O–H groups in total. The minimum absolute atomic E-state index is 0.0193. The van der Waals surface area contributed by atoms with Crippen LogP contribution in [-0.4, -0.2) is 46.1 Å². The second-order valence-electron chi connectivity index (χ2n) is 18.9. The normalized spacial score (nSPS) is 13.4. The summed E-state index contributed by atoms with van der Waals surface area (Å²) in [6, 6.07) is -0.740. The van der Waals surface area contributed by atoms with E-state index in [0.29, 0.717) is 6.42 Å². The van der Waals surface area contributed by atoms with Gasteiger partial charge in [-0.3, -0.25) is 4.79 Å². The number of allylic oxidation sites excluding steroid dienone is 1. The van der Waals surface area contributed by atoms with Gasteiger partial charge in [0.25, 0.3) is 0 Å². The zero-order valence-electron chi connectivity index (χ0n) is 40.2. The molecular formula is C54H107NO4. The van der Waals surface area contributed by atoms with Crippen LogP contribution in [-0.2, 0) is 4.79 Å². The number of amides is 1. The summed E-state index contributed by atoms with van der Waals surface area (Å²) < 4.78 is 0. The van der Waals surface area contributed by atoms with Crippen molar-refractivity contribution in [2.75, 3.05) is 6.61 Å². The van der Waals surface area contributed by atoms with Gasteiger partial charge in [-0.25, -0.2) is 0 Å². The quantitative estimate of drug-likeness (QED) is 0.0363. The highest BCUT2D eigenvalue weighted by molar-refractivity contribution is 5.76. The molecule has 3 atom stereocenters. The van der Waals surface area contributed by atoms with Gasteiger partial charge in [0.05, 0.1) is 31.3 Å². The number of aliphatic hydroxyl groups excluding tert-OH is 3. The summed E-state index contributed by atoms with van der Waals surface area (Å²) in [6.07, 6.45) is 61.1. The lowest BCUT2D eigenvalue weighted by Crippen LogP contribution is -2.45. The van der Waals surface area contributed by atoms with Gasteiger partial charge in [-0.15, -0.1) is 0 Å². The molecule has 0 aliphatic heterocycles. The molecule has 59 heavy (non-hydrogen) atoms. The first-order valence-electron chi connectivity index (χ1n) is 27.0. The molecule has 3 unspecified atom stereocenters. The minimum atomic E-state index is -0.925. The number of carbonyl (C=O) groups excluding carboxylic acids is 1. The first-order valence-corrected chi connectivity index (χ1v) is 27.0. The molecule has 0 aliphatic rings. The third kappa shape index (κ3) is 46.4. The molecule has 0 radical (unpaired) electrons. The van der Waals surface area contributed by atoms with E-state index in [1.807, 2.05) is 6.08 Å². The van der Waals surface area contributed by atoms with Gasteiger partial charge >= 0.3 is 0 Å². The van der Waals surface area contributed by atoms with Crippen molar-refractivity contribution in [2.24, 2.45) is 0 Å². The van der Waals surface area contributed by atoms with Crippen LogP contribution in [0.5, 0.6) is 0 Å². The van der Waals surface area contributed by atoms with Crippen LogP contribution >= 0.6 is 0 Å². The maximum Gasteiger partial charge on any atom is 0.222 e. The van der Waals surface area contributed by atoms with E-state index >= 15 is 0 Å². The van der Waals surface area contributed by atoms with E-state index in [1.165, 1.54) is 250 Å². The number of rotatable bonds is 50. The van der Waals surface area contributed by atoms with Gasteiger partial charge in [-0.05, 0) is 19.3 Å². The maximum atomic E-state index is 12.5. The molecule has 0 aromatic rings. The van der Waals surface area contributed by atoms with Crippen molar-refractivity contribution in [3.63, 3.8) is 0 Å². The summed E-state index contributed by atoms with van der Waals surface area (Å²) in [5.41, 5.74) is 0. The van der Waals surface area contributed by atoms with Crippen molar-refractivity contribution in [2.45, 2.75) is 321 Å². The molecule has 5 nitrogen and oxygen atoms in total. The Balaban J connectivity index is 3.49. The van der Waals surface area contributed by atoms with Gasteiger partial charge in [-0.2, -0.15) is 0 Å². The van der Waals surface area contributed by atoms with E-state index in [2.05, 4.69) is 19.2 Å². The average Bonchev–Trinajstić information content (AvgIpc) is 3.23. The number of aliphatic hydroxyl groups is 3. The average molecular weight is 834 g/mol. The highest BCUT2D eigenvalue weighted by Crippen LogP contribution is 2.18. The summed E-state index contributed by atoms with van der Waals surface area (Å²) >= 11 is 0. The zero-order valence-corrected chi connectivity index (χ0v) is 40.2. The lowest BCUT2D eigenvalue weighted by atomic mass is 10.0. The SMILES string of the molecule is CCCCCCCCCCCCCCC/C=C/C(O)C(CO)NC(=O)CC(O)CCCCCCCCCCCCCCCCCCCCCCCCCCCCCCC. The Morgan fingerprint density at radius 2 is 0.695 bits per heavy atom. The Bertz CT molecular complexity index is 833. The molecule has 0 aromatic carbocycles. The predicted molar refractivity (Wildman–Crippen MR) is 259 cm³/mol. The summed E-state index contributed by atoms with van der Waals surface area (Å²) in [5.74, 6) is -0.309. The first-order chi connectivity index (χ1) is 29.0. The van der Waals surface area contributed by atoms with Gasteiger partial charge in [0.1, 0.15) is 0 Å². The molecule has 0 bridgehead atoms. The minimum Gasteiger partial charge on any atom is -0.394 e. The monoisotopic (exact) mass is 834 g/mol. The third-order valence-electron chi connectivity index (χ3n) is 12.8. The van der Waals surface area contributed by atoms with Crippen LogP contribution in [0, 0.1) is 0 Å². The van der Waals surface area contributed by atoms with E-state index in [-0.39, 0.29) is 18.9 Å². The number of nitrogens with one attached hydrogen (secondary N) is 1. The molecule has 0 saturated heterocycles. The van der Waals surface area contributed by atoms with Crippen LogP contribution in [0.15, 0.2) is 12.2 Å². The van der Waals surface area contributed by atoms with Crippen LogP contribution in [0.3, 0.4) is 0 Å². The molecule has 1 amide bonds. The van der Waals surface area contributed by atoms with Crippen LogP contribution in [0.25, 0.3) is 0 Å². The number of unbranched alkanes of at least 4 members (excludes halogenated alkanes) is 41. The molecular weight excluding hydrogens is 727 g/mol. The lowest BCUT2D eigenvalue weighted by molar-refractivity contribution is -0.124. The highest BCUT2D eigenvalue weighted by Gasteiger charge is 2.20. The predicted octanol–water partition coefficient (Wildman–Crippen LogP) is 16.3. The van der Waals surface area contributed by atoms with Crippen LogP contribution in [0.2, 0.25) is 0 Å². The molecule has 0 fully saturated rings. The zero-order chi connectivity index (χ0) is 43.0. The largest absolute Gasteiger partial charge is 0.394 e. The van der Waals surface area contributed by atoms with Crippen LogP contribution < -0.4 is 5.32 Å². The van der Waals surface area contributed by atoms with E-state index in [9.17, 15) is 20.1 Å². The highest BCUT2D eigenvalue weighted by atomic mass is 16.3. The first kappa shape index (κ1) is 58.1. The third-order valence-corrected chi connectivity index (χ3v) is 12.8. The van der Waals surface area contributed by atoms with E-state index in [4.69, 9.17) is 0 Å². The van der Waals surface area contributed by atoms with Gasteiger partial charge in [0.15, 0.2) is 0 Å². The van der Waals surface area contributed by atoms with Crippen LogP contribution in [0.1, 0.15) is 303 Å². The Morgan fingerprint density at radius 1 is 0.424 bits per heavy atom. The van der Waals surface area contributed by atoms with Crippen molar-refractivity contribution >= 4 is 5.91 Å². The van der Waals surface area contributed by atoms with E-state index in [1.54, 1.807) is 6.08 Å². The Hall–Kier alpha value is -0.910. The smallest absolute Gasteiger partial charge is 0.222 e. The Kier molecular flexibility index (Phi) is 49.0. The molecule has 0 rings (SSSR count). The molecule has 352 valence electrons. The van der Waals surface area contributed by atoms with Crippen LogP contribution in [0.4, 0.5) is 0 Å². The molecule has 0 saturated carbocycles. The standard InChI is InChI=1S/C54H107NO4/c1-3-5-7-9-11-13-15-17-19-20-21-22-23-24-25-26-27-28-29-30-31-32-34-35-37-39-41-43-45-47-51(57)49-54(59)55-52(50-56)53(58)48-46-44-42-40-38-36-33-18-16-14-12-10-8-6-4-2/h46,48,51-53,56-58H,3-45,47,49-50H2,1-2H3,(H,55,59)/b48-46+. The topological polar surface area (TPSA) is 89.8 Å². The molecule has 0 heterocycles. The van der Waals surface area contributed by atoms with Crippen molar-refractivity contribution in [3.05, 3.63) is 12.2 Å². The molecule has 5 heteroatoms. The summed E-state index contributed by atoms with van der Waals surface area (Å²) in [4.78, 5) is 12.5. The van der Waals surface area contributed by atoms with Crippen molar-refractivity contribution in [1.29, 1.82) is 0 Å². The lowest BCUT2D eigenvalue weighted by Gasteiger charge is -2.21. The molecule has 0 spiro atoms. The summed E-state index contributed by atoms with van der Waals surface area (Å²) in [6.45, 7) is 4.24. The summed E-state index contributed by atoms with van der Waals surface area (Å²) in [5, 5.41) is 33.4. The second kappa shape index (κ2) is 49.7. The van der Waals surface area contributed by atoms with Gasteiger partial charge in [0, 0.05) is 0 Å². The Labute approximate surface area is 369 Å². The number of hydrogen-bond acceptors (Lipinski definition) is 4. The summed E-state index contributed by atoms with van der Waals surface area (Å²) in [7, 11) is 0. The number of carbonyl (C=O) groups is 1. The molecule has 0 aliphatic carbocycles. The van der Waals surface area contributed by atoms with E-state index < -0.39 is 18.2 Å². The van der Waals surface area contributed by atoms with Crippen molar-refractivity contribution < 1.29 is 20.1 Å².